The highest BCUT2D eigenvalue weighted by atomic mass is 16.6. The van der Waals surface area contributed by atoms with E-state index in [2.05, 4.69) is 0 Å². The maximum Gasteiger partial charge on any atom is 0.203 e. The topological polar surface area (TPSA) is 95.8 Å². The van der Waals surface area contributed by atoms with E-state index < -0.39 is 12.2 Å². The van der Waals surface area contributed by atoms with Crippen LogP contribution in [0.4, 0.5) is 0 Å². The standard InChI is InChI=1S/C23H30O8/c1-14(21(25)16-12-19(28-4)22(30-6)20(13-16)29-5)31-23-17(26-2)10-15(8-7-9-24)11-18(23)27-3/h7-8,10-14,21,24-25H,9H2,1-6H3/b8-7+/t14-,21-/m1/s1. The summed E-state index contributed by atoms with van der Waals surface area (Å²) in [7, 11) is 7.56. The second-order valence-corrected chi connectivity index (χ2v) is 6.57. The minimum Gasteiger partial charge on any atom is -0.493 e. The first-order chi connectivity index (χ1) is 14.9. The number of hydrogen-bond donors (Lipinski definition) is 2. The highest BCUT2D eigenvalue weighted by molar-refractivity contribution is 5.62. The predicted octanol–water partition coefficient (Wildman–Crippen LogP) is 3.24. The first-order valence-corrected chi connectivity index (χ1v) is 9.62. The number of benzene rings is 2. The SMILES string of the molecule is COc1cc([C@H](O)[C@@H](C)Oc2c(OC)cc(/C=C/CO)cc2OC)cc(OC)c1OC. The van der Waals surface area contributed by atoms with E-state index in [1.54, 1.807) is 43.3 Å². The van der Waals surface area contributed by atoms with Gasteiger partial charge in [-0.05, 0) is 42.3 Å². The molecule has 8 heteroatoms. The Balaban J connectivity index is 2.38. The van der Waals surface area contributed by atoms with Crippen LogP contribution in [0.1, 0.15) is 24.2 Å². The van der Waals surface area contributed by atoms with Crippen molar-refractivity contribution in [3.05, 3.63) is 41.5 Å². The number of hydrogen-bond acceptors (Lipinski definition) is 8. The summed E-state index contributed by atoms with van der Waals surface area (Å²) in [5.74, 6) is 2.51. The smallest absolute Gasteiger partial charge is 0.203 e. The molecule has 0 aromatic heterocycles. The van der Waals surface area contributed by atoms with Gasteiger partial charge in [0.05, 0.1) is 42.2 Å². The van der Waals surface area contributed by atoms with Gasteiger partial charge in [0.2, 0.25) is 11.5 Å². The highest BCUT2D eigenvalue weighted by Gasteiger charge is 2.25. The zero-order chi connectivity index (χ0) is 23.0. The molecule has 0 saturated heterocycles. The Morgan fingerprint density at radius 3 is 1.68 bits per heavy atom. The minimum atomic E-state index is -1.02. The molecule has 0 fully saturated rings. The molecule has 2 rings (SSSR count). The van der Waals surface area contributed by atoms with Crippen molar-refractivity contribution in [2.75, 3.05) is 42.2 Å². The average molecular weight is 434 g/mol. The second-order valence-electron chi connectivity index (χ2n) is 6.57. The number of rotatable bonds is 11. The molecule has 0 aliphatic rings. The molecule has 0 radical (unpaired) electrons. The first-order valence-electron chi connectivity index (χ1n) is 9.62. The third kappa shape index (κ3) is 5.53. The van der Waals surface area contributed by atoms with Gasteiger partial charge in [0.15, 0.2) is 23.0 Å². The van der Waals surface area contributed by atoms with Gasteiger partial charge in [-0.3, -0.25) is 0 Å². The quantitative estimate of drug-likeness (QED) is 0.557. The van der Waals surface area contributed by atoms with Gasteiger partial charge in [-0.25, -0.2) is 0 Å². The lowest BCUT2D eigenvalue weighted by Crippen LogP contribution is -2.22. The van der Waals surface area contributed by atoms with Crippen LogP contribution in [0.3, 0.4) is 0 Å². The van der Waals surface area contributed by atoms with E-state index in [9.17, 15) is 5.11 Å². The molecule has 0 saturated carbocycles. The fourth-order valence-electron chi connectivity index (χ4n) is 3.09. The Morgan fingerprint density at radius 1 is 0.774 bits per heavy atom. The average Bonchev–Trinajstić information content (AvgIpc) is 2.81. The van der Waals surface area contributed by atoms with Gasteiger partial charge in [-0.1, -0.05) is 12.2 Å². The van der Waals surface area contributed by atoms with Crippen LogP contribution in [-0.4, -0.2) is 58.5 Å². The first kappa shape index (κ1) is 24.2. The molecular weight excluding hydrogens is 404 g/mol. The summed E-state index contributed by atoms with van der Waals surface area (Å²) in [6.45, 7) is 1.65. The van der Waals surface area contributed by atoms with E-state index in [0.29, 0.717) is 40.1 Å². The van der Waals surface area contributed by atoms with Crippen LogP contribution in [-0.2, 0) is 0 Å². The van der Waals surface area contributed by atoms with Crippen LogP contribution < -0.4 is 28.4 Å². The Hall–Kier alpha value is -3.10. The van der Waals surface area contributed by atoms with E-state index in [-0.39, 0.29) is 6.61 Å². The summed E-state index contributed by atoms with van der Waals surface area (Å²) in [6.07, 6.45) is 1.65. The lowest BCUT2D eigenvalue weighted by molar-refractivity contribution is 0.0431. The molecule has 0 amide bonds. The van der Waals surface area contributed by atoms with Gasteiger partial charge in [-0.15, -0.1) is 0 Å². The van der Waals surface area contributed by atoms with Crippen molar-refractivity contribution < 1.29 is 38.6 Å². The van der Waals surface area contributed by atoms with Crippen LogP contribution in [0, 0.1) is 0 Å². The molecule has 31 heavy (non-hydrogen) atoms. The highest BCUT2D eigenvalue weighted by Crippen LogP contribution is 2.43. The lowest BCUT2D eigenvalue weighted by atomic mass is 10.0. The summed E-state index contributed by atoms with van der Waals surface area (Å²) >= 11 is 0. The second kappa shape index (κ2) is 11.3. The third-order valence-electron chi connectivity index (χ3n) is 4.68. The molecule has 0 aliphatic carbocycles. The van der Waals surface area contributed by atoms with Gasteiger partial charge < -0.3 is 38.6 Å². The van der Waals surface area contributed by atoms with Crippen molar-refractivity contribution in [1.29, 1.82) is 0 Å². The number of ether oxygens (including phenoxy) is 6. The van der Waals surface area contributed by atoms with E-state index in [1.807, 2.05) is 0 Å². The molecule has 2 N–H and O–H groups in total. The van der Waals surface area contributed by atoms with Gasteiger partial charge >= 0.3 is 0 Å². The Morgan fingerprint density at radius 2 is 1.26 bits per heavy atom. The maximum atomic E-state index is 11.0. The van der Waals surface area contributed by atoms with E-state index >= 15 is 0 Å². The van der Waals surface area contributed by atoms with E-state index in [4.69, 9.17) is 33.5 Å². The Labute approximate surface area is 182 Å². The van der Waals surface area contributed by atoms with Gasteiger partial charge in [0.25, 0.3) is 0 Å². The van der Waals surface area contributed by atoms with Crippen LogP contribution in [0.25, 0.3) is 6.08 Å². The summed E-state index contributed by atoms with van der Waals surface area (Å²) in [5.41, 5.74) is 1.30. The zero-order valence-electron chi connectivity index (χ0n) is 18.7. The Kier molecular flexibility index (Phi) is 8.84. The van der Waals surface area contributed by atoms with Crippen LogP contribution in [0.15, 0.2) is 30.3 Å². The largest absolute Gasteiger partial charge is 0.493 e. The van der Waals surface area contributed by atoms with Crippen molar-refractivity contribution in [3.63, 3.8) is 0 Å². The lowest BCUT2D eigenvalue weighted by Gasteiger charge is -2.24. The summed E-state index contributed by atoms with van der Waals surface area (Å²) in [5, 5.41) is 20.0. The van der Waals surface area contributed by atoms with Gasteiger partial charge in [0, 0.05) is 0 Å². The third-order valence-corrected chi connectivity index (χ3v) is 4.68. The number of aliphatic hydroxyl groups excluding tert-OH is 2. The molecule has 0 unspecified atom stereocenters. The van der Waals surface area contributed by atoms with Gasteiger partial charge in [0.1, 0.15) is 12.2 Å². The van der Waals surface area contributed by atoms with Crippen LogP contribution in [0.5, 0.6) is 34.5 Å². The maximum absolute atomic E-state index is 11.0. The predicted molar refractivity (Wildman–Crippen MR) is 117 cm³/mol. The molecule has 0 aliphatic heterocycles. The number of methoxy groups -OCH3 is 5. The molecular formula is C23H30O8. The molecule has 170 valence electrons. The fraction of sp³-hybridized carbons (Fsp3) is 0.391. The monoisotopic (exact) mass is 434 g/mol. The molecule has 0 spiro atoms. The molecule has 0 heterocycles. The van der Waals surface area contributed by atoms with Crippen molar-refractivity contribution in [3.8, 4) is 34.5 Å². The Bertz CT molecular complexity index is 843. The van der Waals surface area contributed by atoms with Crippen molar-refractivity contribution in [2.45, 2.75) is 19.1 Å². The normalized spacial score (nSPS) is 12.9. The minimum absolute atomic E-state index is 0.0824. The van der Waals surface area contributed by atoms with Crippen molar-refractivity contribution >= 4 is 6.08 Å². The van der Waals surface area contributed by atoms with Gasteiger partial charge in [-0.2, -0.15) is 0 Å². The molecule has 2 aromatic carbocycles. The van der Waals surface area contributed by atoms with Crippen LogP contribution in [0.2, 0.25) is 0 Å². The van der Waals surface area contributed by atoms with Crippen molar-refractivity contribution in [2.24, 2.45) is 0 Å². The zero-order valence-corrected chi connectivity index (χ0v) is 18.7. The summed E-state index contributed by atoms with van der Waals surface area (Å²) in [6, 6.07) is 6.84. The van der Waals surface area contributed by atoms with Crippen molar-refractivity contribution in [1.82, 2.24) is 0 Å². The summed E-state index contributed by atoms with van der Waals surface area (Å²) < 4.78 is 33.0. The fourth-order valence-corrected chi connectivity index (χ4v) is 3.09. The van der Waals surface area contributed by atoms with E-state index in [0.717, 1.165) is 5.56 Å². The number of aliphatic hydroxyl groups is 2. The molecule has 0 bridgehead atoms. The summed E-state index contributed by atoms with van der Waals surface area (Å²) in [4.78, 5) is 0. The van der Waals surface area contributed by atoms with E-state index in [1.165, 1.54) is 35.5 Å². The molecule has 2 atom stereocenters. The molecule has 2 aromatic rings. The van der Waals surface area contributed by atoms with Crippen LogP contribution >= 0.6 is 0 Å². The molecule has 8 nitrogen and oxygen atoms in total.